The molecule has 0 radical (unpaired) electrons. The maximum Gasteiger partial charge on any atom is 0.139 e. The number of nitrogens with zero attached hydrogens (tertiary/aromatic N) is 1. The van der Waals surface area contributed by atoms with Gasteiger partial charge in [-0.2, -0.15) is 0 Å². The van der Waals surface area contributed by atoms with E-state index in [9.17, 15) is 5.11 Å². The van der Waals surface area contributed by atoms with E-state index < -0.39 is 6.10 Å². The Morgan fingerprint density at radius 1 is 0.905 bits per heavy atom. The van der Waals surface area contributed by atoms with Crippen LogP contribution < -0.4 is 0 Å². The van der Waals surface area contributed by atoms with E-state index >= 15 is 0 Å². The standard InChI is InChI=1S/C18H18N2O/c21-17(15-9-5-2-6-10-15)18-19-13-16(20-18)12-11-14-7-3-1-4-8-14/h1-10,13,17,21H,11-12H2,(H,19,20). The van der Waals surface area contributed by atoms with E-state index in [0.717, 1.165) is 24.1 Å². The molecular weight excluding hydrogens is 260 g/mol. The van der Waals surface area contributed by atoms with Crippen molar-refractivity contribution in [1.29, 1.82) is 0 Å². The average Bonchev–Trinajstić information content (AvgIpc) is 3.03. The van der Waals surface area contributed by atoms with Crippen LogP contribution in [-0.2, 0) is 12.8 Å². The molecule has 1 heterocycles. The summed E-state index contributed by atoms with van der Waals surface area (Å²) in [5, 5.41) is 10.3. The second kappa shape index (κ2) is 6.37. The molecule has 2 aromatic carbocycles. The molecule has 2 N–H and O–H groups in total. The number of hydrogen-bond donors (Lipinski definition) is 2. The lowest BCUT2D eigenvalue weighted by Crippen LogP contribution is -2.02. The van der Waals surface area contributed by atoms with Crippen molar-refractivity contribution >= 4 is 0 Å². The first kappa shape index (κ1) is 13.6. The predicted octanol–water partition coefficient (Wildman–Crippen LogP) is 3.28. The van der Waals surface area contributed by atoms with E-state index in [0.29, 0.717) is 5.82 Å². The van der Waals surface area contributed by atoms with Gasteiger partial charge in [-0.15, -0.1) is 0 Å². The quantitative estimate of drug-likeness (QED) is 0.752. The smallest absolute Gasteiger partial charge is 0.139 e. The molecule has 0 bridgehead atoms. The van der Waals surface area contributed by atoms with Gasteiger partial charge in [0.1, 0.15) is 11.9 Å². The van der Waals surface area contributed by atoms with Crippen LogP contribution in [0, 0.1) is 0 Å². The molecule has 3 nitrogen and oxygen atoms in total. The number of hydrogen-bond acceptors (Lipinski definition) is 2. The van der Waals surface area contributed by atoms with Crippen LogP contribution in [0.2, 0.25) is 0 Å². The van der Waals surface area contributed by atoms with Gasteiger partial charge in [0, 0.05) is 11.9 Å². The van der Waals surface area contributed by atoms with E-state index in [1.165, 1.54) is 5.56 Å². The number of aryl methyl sites for hydroxylation is 2. The number of aromatic amines is 1. The van der Waals surface area contributed by atoms with Gasteiger partial charge in [-0.3, -0.25) is 0 Å². The molecule has 3 aromatic rings. The number of aliphatic hydroxyl groups excluding tert-OH is 1. The Morgan fingerprint density at radius 3 is 2.29 bits per heavy atom. The average molecular weight is 278 g/mol. The minimum absolute atomic E-state index is 0.601. The Labute approximate surface area is 124 Å². The van der Waals surface area contributed by atoms with E-state index in [-0.39, 0.29) is 0 Å². The summed E-state index contributed by atoms with van der Waals surface area (Å²) in [6.45, 7) is 0. The molecule has 0 aliphatic rings. The summed E-state index contributed by atoms with van der Waals surface area (Å²) in [7, 11) is 0. The molecule has 1 unspecified atom stereocenters. The van der Waals surface area contributed by atoms with Gasteiger partial charge in [-0.25, -0.2) is 4.98 Å². The largest absolute Gasteiger partial charge is 0.380 e. The maximum atomic E-state index is 10.3. The van der Waals surface area contributed by atoms with Gasteiger partial charge in [-0.1, -0.05) is 60.7 Å². The lowest BCUT2D eigenvalue weighted by atomic mass is 10.1. The number of nitrogens with one attached hydrogen (secondary N) is 1. The Balaban J connectivity index is 1.66. The van der Waals surface area contributed by atoms with Crippen molar-refractivity contribution < 1.29 is 5.11 Å². The number of imidazole rings is 1. The molecule has 0 aliphatic heterocycles. The fourth-order valence-electron chi connectivity index (χ4n) is 2.36. The SMILES string of the molecule is OC(c1ccccc1)c1ncc(CCc2ccccc2)[nH]1. The molecule has 3 heteroatoms. The van der Waals surface area contributed by atoms with Crippen molar-refractivity contribution in [3.8, 4) is 0 Å². The molecule has 0 saturated heterocycles. The second-order valence-electron chi connectivity index (χ2n) is 5.09. The van der Waals surface area contributed by atoms with Crippen LogP contribution >= 0.6 is 0 Å². The van der Waals surface area contributed by atoms with Crippen LogP contribution in [0.1, 0.15) is 28.7 Å². The summed E-state index contributed by atoms with van der Waals surface area (Å²) in [6.07, 6.45) is 2.96. The van der Waals surface area contributed by atoms with Crippen molar-refractivity contribution in [2.75, 3.05) is 0 Å². The molecule has 0 spiro atoms. The van der Waals surface area contributed by atoms with Gasteiger partial charge in [0.15, 0.2) is 0 Å². The molecule has 0 amide bonds. The zero-order valence-corrected chi connectivity index (χ0v) is 11.7. The van der Waals surface area contributed by atoms with Crippen LogP contribution in [0.5, 0.6) is 0 Å². The van der Waals surface area contributed by atoms with E-state index in [1.54, 1.807) is 0 Å². The third kappa shape index (κ3) is 3.38. The highest BCUT2D eigenvalue weighted by Gasteiger charge is 2.13. The number of H-pyrrole nitrogens is 1. The number of aromatic nitrogens is 2. The summed E-state index contributed by atoms with van der Waals surface area (Å²) in [6, 6.07) is 19.9. The zero-order chi connectivity index (χ0) is 14.5. The molecule has 1 aromatic heterocycles. The first-order valence-electron chi connectivity index (χ1n) is 7.13. The summed E-state index contributed by atoms with van der Waals surface area (Å²) in [4.78, 5) is 7.52. The number of benzene rings is 2. The van der Waals surface area contributed by atoms with Gasteiger partial charge in [0.2, 0.25) is 0 Å². The fraction of sp³-hybridized carbons (Fsp3) is 0.167. The van der Waals surface area contributed by atoms with Gasteiger partial charge >= 0.3 is 0 Å². The van der Waals surface area contributed by atoms with Crippen molar-refractivity contribution in [3.05, 3.63) is 89.5 Å². The van der Waals surface area contributed by atoms with Gasteiger partial charge < -0.3 is 10.1 Å². The molecular formula is C18H18N2O. The van der Waals surface area contributed by atoms with Gasteiger partial charge in [-0.05, 0) is 24.0 Å². The van der Waals surface area contributed by atoms with Crippen LogP contribution in [0.25, 0.3) is 0 Å². The zero-order valence-electron chi connectivity index (χ0n) is 11.7. The molecule has 21 heavy (non-hydrogen) atoms. The Kier molecular flexibility index (Phi) is 4.12. The lowest BCUT2D eigenvalue weighted by Gasteiger charge is -2.07. The molecule has 106 valence electrons. The minimum atomic E-state index is -0.698. The molecule has 0 aliphatic carbocycles. The van der Waals surface area contributed by atoms with Crippen molar-refractivity contribution in [1.82, 2.24) is 9.97 Å². The lowest BCUT2D eigenvalue weighted by molar-refractivity contribution is 0.211. The van der Waals surface area contributed by atoms with Crippen LogP contribution in [-0.4, -0.2) is 15.1 Å². The maximum absolute atomic E-state index is 10.3. The third-order valence-corrected chi connectivity index (χ3v) is 3.55. The Bertz CT molecular complexity index is 677. The van der Waals surface area contributed by atoms with Crippen LogP contribution in [0.4, 0.5) is 0 Å². The van der Waals surface area contributed by atoms with Crippen LogP contribution in [0.15, 0.2) is 66.9 Å². The Hall–Kier alpha value is -2.39. The van der Waals surface area contributed by atoms with Crippen molar-refractivity contribution in [2.45, 2.75) is 18.9 Å². The molecule has 0 fully saturated rings. The highest BCUT2D eigenvalue weighted by molar-refractivity contribution is 5.23. The first-order chi connectivity index (χ1) is 10.3. The van der Waals surface area contributed by atoms with E-state index in [4.69, 9.17) is 0 Å². The fourth-order valence-corrected chi connectivity index (χ4v) is 2.36. The minimum Gasteiger partial charge on any atom is -0.380 e. The summed E-state index contributed by atoms with van der Waals surface area (Å²) < 4.78 is 0. The monoisotopic (exact) mass is 278 g/mol. The highest BCUT2D eigenvalue weighted by Crippen LogP contribution is 2.19. The van der Waals surface area contributed by atoms with Crippen molar-refractivity contribution in [2.24, 2.45) is 0 Å². The van der Waals surface area contributed by atoms with Gasteiger partial charge in [0.25, 0.3) is 0 Å². The Morgan fingerprint density at radius 2 is 1.57 bits per heavy atom. The normalized spacial score (nSPS) is 12.2. The summed E-state index contributed by atoms with van der Waals surface area (Å²) in [5.41, 5.74) is 3.20. The summed E-state index contributed by atoms with van der Waals surface area (Å²) in [5.74, 6) is 0.601. The number of rotatable bonds is 5. The topological polar surface area (TPSA) is 48.9 Å². The predicted molar refractivity (Wildman–Crippen MR) is 82.9 cm³/mol. The highest BCUT2D eigenvalue weighted by atomic mass is 16.3. The summed E-state index contributed by atoms with van der Waals surface area (Å²) >= 11 is 0. The van der Waals surface area contributed by atoms with E-state index in [1.807, 2.05) is 54.7 Å². The third-order valence-electron chi connectivity index (χ3n) is 3.55. The molecule has 3 rings (SSSR count). The first-order valence-corrected chi connectivity index (χ1v) is 7.13. The second-order valence-corrected chi connectivity index (χ2v) is 5.09. The molecule has 1 atom stereocenters. The van der Waals surface area contributed by atoms with Crippen molar-refractivity contribution in [3.63, 3.8) is 0 Å². The van der Waals surface area contributed by atoms with Crippen LogP contribution in [0.3, 0.4) is 0 Å². The molecule has 0 saturated carbocycles. The van der Waals surface area contributed by atoms with Gasteiger partial charge in [0.05, 0.1) is 0 Å². The number of aliphatic hydroxyl groups is 1. The van der Waals surface area contributed by atoms with E-state index in [2.05, 4.69) is 22.1 Å².